The van der Waals surface area contributed by atoms with Crippen molar-refractivity contribution >= 4 is 17.4 Å². The van der Waals surface area contributed by atoms with Gasteiger partial charge in [-0.2, -0.15) is 14.9 Å². The summed E-state index contributed by atoms with van der Waals surface area (Å²) in [6.45, 7) is 0.0314. The number of nitriles is 1. The minimum absolute atomic E-state index is 0.0314. The molecule has 0 fully saturated rings. The van der Waals surface area contributed by atoms with Crippen molar-refractivity contribution in [1.82, 2.24) is 44.5 Å². The van der Waals surface area contributed by atoms with Crippen LogP contribution in [0.2, 0.25) is 0 Å². The molecule has 4 heterocycles. The molecular formula is C22H18N14. The summed E-state index contributed by atoms with van der Waals surface area (Å²) in [5.74, 6) is 12.4. The van der Waals surface area contributed by atoms with Crippen molar-refractivity contribution in [1.29, 1.82) is 5.26 Å². The number of hydrazine groups is 1. The standard InChI is InChI=1S/C22H18N14/c23-9-13-2-1-3-14(8-13)19-18(15-4-6-27-11-29-15)21-31-17(34-36(21)22(24)32-19)10-35(26)20(33-25)16-5-7-28-12-30-16/h1-8,11-12H,10,25-26H2,(H2,24,32)/b33-20-. The van der Waals surface area contributed by atoms with Crippen LogP contribution in [-0.4, -0.2) is 50.4 Å². The number of nitrogen functional groups attached to an aromatic ring is 1. The summed E-state index contributed by atoms with van der Waals surface area (Å²) in [5, 5.41) is 18.9. The number of anilines is 1. The van der Waals surface area contributed by atoms with Crippen LogP contribution in [0.25, 0.3) is 28.2 Å². The van der Waals surface area contributed by atoms with Gasteiger partial charge in [-0.1, -0.05) is 12.1 Å². The molecule has 0 saturated carbocycles. The van der Waals surface area contributed by atoms with E-state index in [1.807, 2.05) is 6.07 Å². The lowest BCUT2D eigenvalue weighted by Crippen LogP contribution is -2.39. The molecule has 0 spiro atoms. The maximum Gasteiger partial charge on any atom is 0.223 e. The summed E-state index contributed by atoms with van der Waals surface area (Å²) in [7, 11) is 0. The van der Waals surface area contributed by atoms with E-state index in [0.29, 0.717) is 45.2 Å². The van der Waals surface area contributed by atoms with Crippen molar-refractivity contribution in [2.24, 2.45) is 16.8 Å². The number of nitrogens with zero attached hydrogens (tertiary/aromatic N) is 11. The van der Waals surface area contributed by atoms with E-state index >= 15 is 0 Å². The van der Waals surface area contributed by atoms with Crippen LogP contribution in [0.4, 0.5) is 5.95 Å². The van der Waals surface area contributed by atoms with Crippen LogP contribution in [-0.2, 0) is 6.54 Å². The van der Waals surface area contributed by atoms with E-state index in [2.05, 4.69) is 46.2 Å². The van der Waals surface area contributed by atoms with E-state index in [-0.39, 0.29) is 18.3 Å². The second-order valence-corrected chi connectivity index (χ2v) is 7.42. The highest BCUT2D eigenvalue weighted by Gasteiger charge is 2.22. The molecule has 0 unspecified atom stereocenters. The van der Waals surface area contributed by atoms with E-state index in [9.17, 15) is 5.26 Å². The van der Waals surface area contributed by atoms with E-state index in [4.69, 9.17) is 17.4 Å². The molecule has 176 valence electrons. The van der Waals surface area contributed by atoms with Crippen molar-refractivity contribution in [2.45, 2.75) is 6.54 Å². The monoisotopic (exact) mass is 478 g/mol. The molecule has 0 atom stereocenters. The average Bonchev–Trinajstić information content (AvgIpc) is 3.34. The van der Waals surface area contributed by atoms with Crippen LogP contribution in [0.15, 0.2) is 66.5 Å². The highest BCUT2D eigenvalue weighted by Crippen LogP contribution is 2.33. The highest BCUT2D eigenvalue weighted by atomic mass is 15.5. The van der Waals surface area contributed by atoms with Crippen LogP contribution in [0.3, 0.4) is 0 Å². The molecule has 36 heavy (non-hydrogen) atoms. The minimum Gasteiger partial charge on any atom is -0.368 e. The van der Waals surface area contributed by atoms with Gasteiger partial charge in [0.25, 0.3) is 0 Å². The summed E-state index contributed by atoms with van der Waals surface area (Å²) in [6, 6.07) is 12.5. The Bertz CT molecular complexity index is 1610. The first-order valence-corrected chi connectivity index (χ1v) is 10.5. The van der Waals surface area contributed by atoms with Gasteiger partial charge in [-0.3, -0.25) is 5.01 Å². The van der Waals surface area contributed by atoms with Crippen LogP contribution < -0.4 is 17.4 Å². The van der Waals surface area contributed by atoms with Crippen molar-refractivity contribution in [3.8, 4) is 28.6 Å². The van der Waals surface area contributed by atoms with E-state index in [0.717, 1.165) is 0 Å². The maximum atomic E-state index is 9.37. The molecule has 6 N–H and O–H groups in total. The molecule has 1 aromatic carbocycles. The second-order valence-electron chi connectivity index (χ2n) is 7.42. The summed E-state index contributed by atoms with van der Waals surface area (Å²) < 4.78 is 1.40. The number of hydrogen-bond donors (Lipinski definition) is 3. The molecular weight excluding hydrogens is 460 g/mol. The number of fused-ring (bicyclic) bond motifs is 1. The lowest BCUT2D eigenvalue weighted by molar-refractivity contribution is 0.419. The quantitative estimate of drug-likeness (QED) is 0.136. The van der Waals surface area contributed by atoms with Crippen molar-refractivity contribution in [2.75, 3.05) is 5.73 Å². The fourth-order valence-electron chi connectivity index (χ4n) is 3.62. The van der Waals surface area contributed by atoms with E-state index < -0.39 is 0 Å². The largest absolute Gasteiger partial charge is 0.368 e. The number of amidine groups is 1. The van der Waals surface area contributed by atoms with E-state index in [1.54, 1.807) is 42.7 Å². The molecule has 14 heteroatoms. The summed E-state index contributed by atoms with van der Waals surface area (Å²) in [6.07, 6.45) is 5.94. The molecule has 14 nitrogen and oxygen atoms in total. The minimum atomic E-state index is 0.0314. The highest BCUT2D eigenvalue weighted by molar-refractivity contribution is 5.96. The average molecular weight is 478 g/mol. The first kappa shape index (κ1) is 22.3. The van der Waals surface area contributed by atoms with Gasteiger partial charge in [-0.05, 0) is 24.3 Å². The van der Waals surface area contributed by atoms with Gasteiger partial charge in [0.2, 0.25) is 5.95 Å². The van der Waals surface area contributed by atoms with Gasteiger partial charge < -0.3 is 11.6 Å². The molecule has 5 rings (SSSR count). The van der Waals surface area contributed by atoms with Gasteiger partial charge in [-0.15, -0.1) is 5.10 Å². The number of hydrazone groups is 1. The zero-order chi connectivity index (χ0) is 25.1. The molecule has 0 bridgehead atoms. The topological polar surface area (TPSA) is 212 Å². The van der Waals surface area contributed by atoms with Gasteiger partial charge in [0.15, 0.2) is 17.3 Å². The molecule has 0 amide bonds. The molecule has 5 aromatic rings. The van der Waals surface area contributed by atoms with Crippen molar-refractivity contribution < 1.29 is 0 Å². The van der Waals surface area contributed by atoms with Gasteiger partial charge in [0, 0.05) is 18.0 Å². The third-order valence-electron chi connectivity index (χ3n) is 5.18. The Morgan fingerprint density at radius 3 is 2.58 bits per heavy atom. The third kappa shape index (κ3) is 4.08. The Labute approximate surface area is 203 Å². The summed E-state index contributed by atoms with van der Waals surface area (Å²) in [5.41, 5.74) is 9.85. The number of rotatable bonds is 5. The Kier molecular flexibility index (Phi) is 5.79. The SMILES string of the molecule is N#Cc1cccc(-c2nc(N)n3nc(CN(N)/C(=N\N)c4ccncn4)nc3c2-c2ccncn2)c1. The van der Waals surface area contributed by atoms with Crippen molar-refractivity contribution in [3.63, 3.8) is 0 Å². The van der Waals surface area contributed by atoms with E-state index in [1.165, 1.54) is 22.2 Å². The van der Waals surface area contributed by atoms with Crippen LogP contribution in [0.1, 0.15) is 17.1 Å². The van der Waals surface area contributed by atoms with Crippen molar-refractivity contribution in [3.05, 3.63) is 78.5 Å². The van der Waals surface area contributed by atoms with Gasteiger partial charge in [0.05, 0.1) is 35.1 Å². The number of aromatic nitrogens is 8. The Balaban J connectivity index is 1.64. The fourth-order valence-corrected chi connectivity index (χ4v) is 3.62. The lowest BCUT2D eigenvalue weighted by atomic mass is 10.0. The van der Waals surface area contributed by atoms with Crippen LogP contribution >= 0.6 is 0 Å². The summed E-state index contributed by atoms with van der Waals surface area (Å²) in [4.78, 5) is 25.7. The van der Waals surface area contributed by atoms with Gasteiger partial charge in [0.1, 0.15) is 18.3 Å². The fraction of sp³-hybridized carbons (Fsp3) is 0.0455. The van der Waals surface area contributed by atoms with Crippen LogP contribution in [0.5, 0.6) is 0 Å². The molecule has 0 saturated heterocycles. The molecule has 0 aliphatic carbocycles. The normalized spacial score (nSPS) is 11.4. The third-order valence-corrected chi connectivity index (χ3v) is 5.18. The zero-order valence-electron chi connectivity index (χ0n) is 18.6. The summed E-state index contributed by atoms with van der Waals surface area (Å²) >= 11 is 0. The number of hydrogen-bond acceptors (Lipinski definition) is 12. The molecule has 0 aliphatic heterocycles. The first-order valence-electron chi connectivity index (χ1n) is 10.5. The molecule has 0 aliphatic rings. The van der Waals surface area contributed by atoms with Crippen LogP contribution in [0, 0.1) is 11.3 Å². The second kappa shape index (κ2) is 9.37. The Hall–Kier alpha value is -5.55. The number of benzene rings is 1. The zero-order valence-corrected chi connectivity index (χ0v) is 18.6. The predicted molar refractivity (Wildman–Crippen MR) is 129 cm³/mol. The van der Waals surface area contributed by atoms with Gasteiger partial charge in [-0.25, -0.2) is 35.7 Å². The smallest absolute Gasteiger partial charge is 0.223 e. The number of nitrogens with two attached hydrogens (primary N) is 3. The predicted octanol–water partition coefficient (Wildman–Crippen LogP) is 0.488. The Morgan fingerprint density at radius 1 is 1.08 bits per heavy atom. The Morgan fingerprint density at radius 2 is 1.89 bits per heavy atom. The molecule has 4 aromatic heterocycles. The lowest BCUT2D eigenvalue weighted by Gasteiger charge is -2.17. The van der Waals surface area contributed by atoms with Gasteiger partial charge >= 0.3 is 0 Å². The molecule has 0 radical (unpaired) electrons. The first-order chi connectivity index (χ1) is 17.6. The maximum absolute atomic E-state index is 9.37.